The Kier molecular flexibility index (Phi) is 20.8. The van der Waals surface area contributed by atoms with Gasteiger partial charge in [-0.1, -0.05) is 55.8 Å². The van der Waals surface area contributed by atoms with Gasteiger partial charge in [0.05, 0.1) is 57.2 Å². The number of aromatic nitrogens is 5. The lowest BCUT2D eigenvalue weighted by Crippen LogP contribution is -2.68. The number of carbonyl (C=O) groups excluding carboxylic acids is 1. The summed E-state index contributed by atoms with van der Waals surface area (Å²) in [5.41, 5.74) is 3.02. The zero-order valence-electron chi connectivity index (χ0n) is 42.4. The highest BCUT2D eigenvalue weighted by Gasteiger charge is 2.53. The maximum absolute atomic E-state index is 15.2. The van der Waals surface area contributed by atoms with Crippen LogP contribution in [0, 0.1) is 5.82 Å². The number of esters is 1. The highest BCUT2D eigenvalue weighted by molar-refractivity contribution is 5.89. The van der Waals surface area contributed by atoms with Crippen LogP contribution in [0.1, 0.15) is 48.3 Å². The van der Waals surface area contributed by atoms with Crippen molar-refractivity contribution in [3.63, 3.8) is 0 Å². The number of aryl methyl sites for hydroxylation is 1. The Morgan fingerprint density at radius 2 is 1.42 bits per heavy atom. The molecule has 27 nitrogen and oxygen atoms in total. The minimum atomic E-state index is -1.93. The fourth-order valence-corrected chi connectivity index (χ4v) is 9.66. The minimum absolute atomic E-state index is 0.0225. The quantitative estimate of drug-likeness (QED) is 0.0350. The number of aliphatic hydroxyl groups excluding tert-OH is 13. The molecule has 3 saturated heterocycles. The number of nitrogens with zero attached hydrogens (tertiary/aromatic N) is 4. The molecule has 0 radical (unpaired) electrons. The van der Waals surface area contributed by atoms with Crippen molar-refractivity contribution in [2.45, 2.75) is 156 Å². The molecule has 4 aliphatic rings. The van der Waals surface area contributed by atoms with Gasteiger partial charge in [0, 0.05) is 22.9 Å². The summed E-state index contributed by atoms with van der Waals surface area (Å²) in [6.07, 6.45) is -24.2. The average Bonchev–Trinajstić information content (AvgIpc) is 4.01. The predicted molar refractivity (Wildman–Crippen MR) is 262 cm³/mol. The van der Waals surface area contributed by atoms with Crippen LogP contribution in [0.25, 0.3) is 22.5 Å². The van der Waals surface area contributed by atoms with Crippen molar-refractivity contribution in [1.29, 1.82) is 0 Å². The third kappa shape index (κ3) is 13.2. The number of methoxy groups -OCH3 is 1. The zero-order chi connectivity index (χ0) is 56.7. The van der Waals surface area contributed by atoms with Crippen molar-refractivity contribution >= 4 is 5.97 Å². The second-order valence-corrected chi connectivity index (χ2v) is 19.2. The molecule has 0 spiro atoms. The fourth-order valence-electron chi connectivity index (χ4n) is 9.66. The molecule has 1 unspecified atom stereocenters. The first-order chi connectivity index (χ1) is 37.3. The second-order valence-electron chi connectivity index (χ2n) is 19.2. The Bertz CT molecular complexity index is 2690. The molecule has 0 bridgehead atoms. The molecule has 1 aliphatic carbocycles. The maximum Gasteiger partial charge on any atom is 0.338 e. The standard InChI is InChI=1S/C25H24FN5O3.C25H43NO18/c1-3-4-7-19-12-18(25(33)34-2)14-23(32)31(19)15-17-11-10-16(13-22(17)26)20-8-5-6-9-21(20)24-27-29-30-28-24;1-6-11(26-8-2-7(3-27)12(30)15(33)13(8)31)14(32)19(37)24(40-6)43-22-10(5-29)42-25(20(38)17(22)35)44-21-9(4-28)41-23(39)18(36)16(21)34/h5-6,8-14H,3-4,7,15H2,1-2H3,(H,27,28,29,30);2,6,8-39H,3-5H2,1H3/t;6-,8+,9-,10-,11-,12-,13+,14+,15+,16-,17-,18-,19-,20-,21-,22-,23?,24-,25-/m.1/s1. The van der Waals surface area contributed by atoms with Crippen LogP contribution >= 0.6 is 0 Å². The van der Waals surface area contributed by atoms with E-state index in [0.29, 0.717) is 29.1 Å². The third-order valence-corrected chi connectivity index (χ3v) is 14.1. The number of benzene rings is 2. The number of hydrogen-bond acceptors (Lipinski definition) is 25. The summed E-state index contributed by atoms with van der Waals surface area (Å²) < 4.78 is 48.9. The average molecular weight is 1110 g/mol. The highest BCUT2D eigenvalue weighted by Crippen LogP contribution is 2.34. The van der Waals surface area contributed by atoms with E-state index in [2.05, 4.69) is 25.9 Å². The highest BCUT2D eigenvalue weighted by atomic mass is 19.1. The number of nitrogens with one attached hydrogen (secondary N) is 2. The molecule has 2 aromatic carbocycles. The fraction of sp³-hybridized carbons (Fsp3) is 0.580. The van der Waals surface area contributed by atoms with Gasteiger partial charge in [-0.15, -0.1) is 10.2 Å². The van der Waals surface area contributed by atoms with Gasteiger partial charge in [-0.05, 0) is 53.8 Å². The summed E-state index contributed by atoms with van der Waals surface area (Å²) in [5, 5.41) is 150. The van der Waals surface area contributed by atoms with Crippen molar-refractivity contribution in [3.8, 4) is 22.5 Å². The van der Waals surface area contributed by atoms with Gasteiger partial charge in [0.1, 0.15) is 85.2 Å². The molecule has 78 heavy (non-hydrogen) atoms. The van der Waals surface area contributed by atoms with Crippen molar-refractivity contribution in [3.05, 3.63) is 99.2 Å². The van der Waals surface area contributed by atoms with Crippen molar-refractivity contribution < 1.29 is 104 Å². The van der Waals surface area contributed by atoms with Crippen molar-refractivity contribution in [1.82, 2.24) is 30.5 Å². The molecule has 19 atom stereocenters. The van der Waals surface area contributed by atoms with Crippen LogP contribution in [0.2, 0.25) is 0 Å². The van der Waals surface area contributed by atoms with Gasteiger partial charge in [0.25, 0.3) is 5.56 Å². The van der Waals surface area contributed by atoms with Crippen LogP contribution in [-0.4, -0.2) is 241 Å². The number of hydrogen-bond donors (Lipinski definition) is 15. The lowest BCUT2D eigenvalue weighted by molar-refractivity contribution is -0.373. The summed E-state index contributed by atoms with van der Waals surface area (Å²) in [7, 11) is 1.27. The van der Waals surface area contributed by atoms with Crippen LogP contribution in [0.15, 0.2) is 71.0 Å². The SMILES string of the molecule is CCCCc1cc(C(=O)OC)cc(=O)n1Cc1ccc(-c2ccccc2-c2nn[nH]n2)cc1F.C[C@H]1O[C@H](O[C@H]2[C@H](O)[C@@H](O)[C@@H](O[C@H]3[C@H](O)[C@@H](O)C(O)O[C@@H]3CO)O[C@@H]2CO)[C@H](O)[C@@H](O)[C@@H]1N[C@H]1C=C(CO)[C@@H](O)[C@H](O)[C@H]1O. The van der Waals surface area contributed by atoms with Crippen LogP contribution in [0.5, 0.6) is 0 Å². The molecular weight excluding hydrogens is 1040 g/mol. The first kappa shape index (κ1) is 60.5. The predicted octanol–water partition coefficient (Wildman–Crippen LogP) is -4.55. The van der Waals surface area contributed by atoms with E-state index in [-0.39, 0.29) is 23.2 Å². The van der Waals surface area contributed by atoms with Gasteiger partial charge >= 0.3 is 5.97 Å². The number of unbranched alkanes of at least 4 members (excludes halogenated alkanes) is 1. The Morgan fingerprint density at radius 3 is 2.04 bits per heavy atom. The normalized spacial score (nSPS) is 34.1. The van der Waals surface area contributed by atoms with Crippen LogP contribution in [0.3, 0.4) is 0 Å². The molecule has 3 aliphatic heterocycles. The number of rotatable bonds is 17. The van der Waals surface area contributed by atoms with E-state index >= 15 is 4.39 Å². The van der Waals surface area contributed by atoms with Gasteiger partial charge in [0.15, 0.2) is 18.9 Å². The number of halogens is 1. The number of aliphatic hydroxyl groups is 13. The summed E-state index contributed by atoms with van der Waals surface area (Å²) in [4.78, 5) is 24.8. The molecule has 4 aromatic rings. The van der Waals surface area contributed by atoms with Crippen molar-refractivity contribution in [2.24, 2.45) is 0 Å². The van der Waals surface area contributed by atoms with Crippen LogP contribution in [-0.2, 0) is 41.4 Å². The number of H-pyrrole nitrogens is 1. The van der Waals surface area contributed by atoms with Crippen LogP contribution < -0.4 is 10.9 Å². The Labute approximate surface area is 444 Å². The second kappa shape index (κ2) is 26.9. The number of pyridine rings is 1. The zero-order valence-corrected chi connectivity index (χ0v) is 42.4. The molecule has 2 aromatic heterocycles. The van der Waals surface area contributed by atoms with Crippen LogP contribution in [0.4, 0.5) is 4.39 Å². The van der Waals surface area contributed by atoms with Gasteiger partial charge in [-0.2, -0.15) is 5.21 Å². The maximum atomic E-state index is 15.2. The van der Waals surface area contributed by atoms with E-state index < -0.39 is 148 Å². The largest absolute Gasteiger partial charge is 0.465 e. The van der Waals surface area contributed by atoms with E-state index in [1.807, 2.05) is 31.2 Å². The van der Waals surface area contributed by atoms with E-state index in [0.717, 1.165) is 24.0 Å². The van der Waals surface area contributed by atoms with E-state index in [9.17, 15) is 76.0 Å². The summed E-state index contributed by atoms with van der Waals surface area (Å²) >= 11 is 0. The Balaban J connectivity index is 0.000000233. The number of tetrazole rings is 1. The molecule has 0 amide bonds. The molecule has 28 heteroatoms. The van der Waals surface area contributed by atoms with Gasteiger partial charge in [0.2, 0.25) is 5.82 Å². The number of carbonyl (C=O) groups is 1. The molecule has 5 heterocycles. The summed E-state index contributed by atoms with van der Waals surface area (Å²) in [6.45, 7) is 1.34. The number of ether oxygens (including phenoxy) is 6. The molecule has 0 saturated carbocycles. The Morgan fingerprint density at radius 1 is 0.782 bits per heavy atom. The van der Waals surface area contributed by atoms with E-state index in [1.165, 1.54) is 36.8 Å². The molecule has 8 rings (SSSR count). The first-order valence-corrected chi connectivity index (χ1v) is 25.1. The summed E-state index contributed by atoms with van der Waals surface area (Å²) in [6, 6.07) is 13.0. The molecule has 15 N–H and O–H groups in total. The third-order valence-electron chi connectivity index (χ3n) is 14.1. The smallest absolute Gasteiger partial charge is 0.338 e. The van der Waals surface area contributed by atoms with E-state index in [1.54, 1.807) is 18.2 Å². The van der Waals surface area contributed by atoms with Gasteiger partial charge in [-0.25, -0.2) is 9.18 Å². The topological polar surface area (TPSA) is 424 Å². The molecule has 430 valence electrons. The number of aromatic amines is 1. The van der Waals surface area contributed by atoms with Gasteiger partial charge < -0.3 is 105 Å². The van der Waals surface area contributed by atoms with Gasteiger partial charge in [-0.3, -0.25) is 4.79 Å². The Hall–Kier alpha value is -5.16. The van der Waals surface area contributed by atoms with Crippen molar-refractivity contribution in [2.75, 3.05) is 26.9 Å². The lowest BCUT2D eigenvalue weighted by atomic mass is 9.86. The first-order valence-electron chi connectivity index (χ1n) is 25.1. The van der Waals surface area contributed by atoms with E-state index in [4.69, 9.17) is 28.4 Å². The molecular formula is C50H67FN6O21. The lowest BCUT2D eigenvalue weighted by Gasteiger charge is -2.48. The molecule has 3 fully saturated rings. The minimum Gasteiger partial charge on any atom is -0.465 e. The monoisotopic (exact) mass is 1110 g/mol. The summed E-state index contributed by atoms with van der Waals surface area (Å²) in [5.74, 6) is -0.596.